The van der Waals surface area contributed by atoms with E-state index in [2.05, 4.69) is 35.0 Å². The Bertz CT molecular complexity index is 1020. The fraction of sp³-hybridized carbons (Fsp3) is 0.480. The summed E-state index contributed by atoms with van der Waals surface area (Å²) in [6.07, 6.45) is 5.00. The molecule has 7 nitrogen and oxygen atoms in total. The molecule has 3 aliphatic rings. The van der Waals surface area contributed by atoms with Crippen molar-refractivity contribution in [2.24, 2.45) is 0 Å². The number of aromatic nitrogens is 1. The van der Waals surface area contributed by atoms with E-state index in [4.69, 9.17) is 0 Å². The standard InChI is InChI=1S/C25H30N4O3/c1-2-27-11-3-4-19-16-18(6-8-22(19)27)21-7-5-20(17-26-21)23(30)28-12-14-29(15-13-28)24(31)25(32)9-10-25/h5-8,16-17,32H,2-4,9-15H2,1H3. The fourth-order valence-corrected chi connectivity index (χ4v) is 4.78. The van der Waals surface area contributed by atoms with Crippen LogP contribution in [0.2, 0.25) is 0 Å². The number of carbonyl (C=O) groups is 2. The van der Waals surface area contributed by atoms with Gasteiger partial charge in [-0.3, -0.25) is 14.6 Å². The number of amides is 2. The molecule has 0 atom stereocenters. The molecule has 32 heavy (non-hydrogen) atoms. The summed E-state index contributed by atoms with van der Waals surface area (Å²) >= 11 is 0. The van der Waals surface area contributed by atoms with Crippen molar-refractivity contribution in [3.63, 3.8) is 0 Å². The summed E-state index contributed by atoms with van der Waals surface area (Å²) in [5.41, 5.74) is 4.04. The Morgan fingerprint density at radius 1 is 1.03 bits per heavy atom. The molecule has 2 aromatic rings. The minimum Gasteiger partial charge on any atom is -0.380 e. The van der Waals surface area contributed by atoms with Gasteiger partial charge in [-0.05, 0) is 62.4 Å². The monoisotopic (exact) mass is 434 g/mol. The summed E-state index contributed by atoms with van der Waals surface area (Å²) in [5, 5.41) is 10.0. The van der Waals surface area contributed by atoms with E-state index in [0.717, 1.165) is 30.8 Å². The van der Waals surface area contributed by atoms with Crippen molar-refractivity contribution in [3.05, 3.63) is 47.7 Å². The van der Waals surface area contributed by atoms with E-state index < -0.39 is 5.60 Å². The molecule has 1 aliphatic carbocycles. The molecule has 3 heterocycles. The predicted octanol–water partition coefficient (Wildman–Crippen LogP) is 2.33. The molecule has 5 rings (SSSR count). The Morgan fingerprint density at radius 3 is 2.44 bits per heavy atom. The van der Waals surface area contributed by atoms with E-state index >= 15 is 0 Å². The van der Waals surface area contributed by atoms with Gasteiger partial charge in [0.1, 0.15) is 5.60 Å². The summed E-state index contributed by atoms with van der Waals surface area (Å²) in [4.78, 5) is 35.6. The predicted molar refractivity (Wildman–Crippen MR) is 123 cm³/mol. The van der Waals surface area contributed by atoms with Gasteiger partial charge >= 0.3 is 0 Å². The highest BCUT2D eigenvalue weighted by atomic mass is 16.3. The van der Waals surface area contributed by atoms with Crippen molar-refractivity contribution in [2.45, 2.75) is 38.2 Å². The largest absolute Gasteiger partial charge is 0.380 e. The average molecular weight is 435 g/mol. The number of anilines is 1. The molecule has 168 valence electrons. The van der Waals surface area contributed by atoms with Crippen LogP contribution in [0, 0.1) is 0 Å². The molecule has 1 aromatic heterocycles. The minimum atomic E-state index is -1.14. The van der Waals surface area contributed by atoms with Crippen LogP contribution in [0.25, 0.3) is 11.3 Å². The van der Waals surface area contributed by atoms with Crippen LogP contribution in [0.1, 0.15) is 42.1 Å². The summed E-state index contributed by atoms with van der Waals surface area (Å²) in [5.74, 6) is -0.256. The Morgan fingerprint density at radius 2 is 1.78 bits per heavy atom. The van der Waals surface area contributed by atoms with Crippen LogP contribution in [-0.2, 0) is 11.2 Å². The number of carbonyl (C=O) groups excluding carboxylic acids is 2. The van der Waals surface area contributed by atoms with Gasteiger partial charge in [-0.2, -0.15) is 0 Å². The number of fused-ring (bicyclic) bond motifs is 1. The fourth-order valence-electron chi connectivity index (χ4n) is 4.78. The molecule has 2 fully saturated rings. The molecule has 7 heteroatoms. The third-order valence-corrected chi connectivity index (χ3v) is 6.96. The van der Waals surface area contributed by atoms with Crippen molar-refractivity contribution in [3.8, 4) is 11.3 Å². The van der Waals surface area contributed by atoms with E-state index in [1.807, 2.05) is 12.1 Å². The molecule has 0 unspecified atom stereocenters. The number of rotatable bonds is 4. The zero-order chi connectivity index (χ0) is 22.3. The summed E-state index contributed by atoms with van der Waals surface area (Å²) in [6.45, 7) is 6.19. The first-order valence-electron chi connectivity index (χ1n) is 11.6. The number of pyridine rings is 1. The molecular weight excluding hydrogens is 404 g/mol. The second-order valence-corrected chi connectivity index (χ2v) is 9.07. The molecule has 1 N–H and O–H groups in total. The maximum absolute atomic E-state index is 12.9. The van der Waals surface area contributed by atoms with Gasteiger partial charge in [-0.1, -0.05) is 6.07 Å². The number of aliphatic hydroxyl groups is 1. The second kappa shape index (κ2) is 8.20. The number of hydrogen-bond acceptors (Lipinski definition) is 5. The zero-order valence-corrected chi connectivity index (χ0v) is 18.6. The Kier molecular flexibility index (Phi) is 5.37. The van der Waals surface area contributed by atoms with E-state index in [0.29, 0.717) is 44.6 Å². The van der Waals surface area contributed by atoms with Crippen LogP contribution in [0.15, 0.2) is 36.5 Å². The SMILES string of the molecule is CCN1CCCc2cc(-c3ccc(C(=O)N4CCN(C(=O)C5(O)CC5)CC4)cn3)ccc21. The van der Waals surface area contributed by atoms with E-state index in [9.17, 15) is 14.7 Å². The lowest BCUT2D eigenvalue weighted by molar-refractivity contribution is -0.143. The van der Waals surface area contributed by atoms with Crippen molar-refractivity contribution in [1.82, 2.24) is 14.8 Å². The maximum atomic E-state index is 12.9. The smallest absolute Gasteiger partial charge is 0.255 e. The van der Waals surface area contributed by atoms with Gasteiger partial charge in [-0.15, -0.1) is 0 Å². The van der Waals surface area contributed by atoms with Gasteiger partial charge in [-0.25, -0.2) is 0 Å². The molecule has 1 aromatic carbocycles. The van der Waals surface area contributed by atoms with Crippen LogP contribution in [0.5, 0.6) is 0 Å². The highest BCUT2D eigenvalue weighted by Gasteiger charge is 2.50. The number of benzene rings is 1. The summed E-state index contributed by atoms with van der Waals surface area (Å²) in [7, 11) is 0. The molecule has 1 saturated heterocycles. The molecule has 2 amide bonds. The number of hydrogen-bond donors (Lipinski definition) is 1. The lowest BCUT2D eigenvalue weighted by Gasteiger charge is -2.35. The first-order chi connectivity index (χ1) is 15.5. The zero-order valence-electron chi connectivity index (χ0n) is 18.6. The average Bonchev–Trinajstić information content (AvgIpc) is 3.61. The molecule has 2 aliphatic heterocycles. The van der Waals surface area contributed by atoms with Crippen LogP contribution in [0.3, 0.4) is 0 Å². The Labute approximate surface area is 188 Å². The highest BCUT2D eigenvalue weighted by Crippen LogP contribution is 2.37. The second-order valence-electron chi connectivity index (χ2n) is 9.07. The summed E-state index contributed by atoms with van der Waals surface area (Å²) < 4.78 is 0. The van der Waals surface area contributed by atoms with Crippen LogP contribution in [-0.4, -0.2) is 76.6 Å². The van der Waals surface area contributed by atoms with Crippen LogP contribution < -0.4 is 4.90 Å². The van der Waals surface area contributed by atoms with Gasteiger partial charge < -0.3 is 19.8 Å². The Hall–Kier alpha value is -2.93. The molecule has 1 saturated carbocycles. The van der Waals surface area contributed by atoms with E-state index in [1.165, 1.54) is 17.7 Å². The van der Waals surface area contributed by atoms with Gasteiger partial charge in [0.25, 0.3) is 11.8 Å². The van der Waals surface area contributed by atoms with E-state index in [1.54, 1.807) is 16.0 Å². The third kappa shape index (κ3) is 3.86. The number of nitrogens with zero attached hydrogens (tertiary/aromatic N) is 4. The first-order valence-corrected chi connectivity index (χ1v) is 11.6. The van der Waals surface area contributed by atoms with Crippen LogP contribution in [0.4, 0.5) is 5.69 Å². The number of piperazine rings is 1. The molecular formula is C25H30N4O3. The van der Waals surface area contributed by atoms with Crippen molar-refractivity contribution in [2.75, 3.05) is 44.2 Å². The lowest BCUT2D eigenvalue weighted by Crippen LogP contribution is -2.53. The minimum absolute atomic E-state index is 0.0645. The van der Waals surface area contributed by atoms with E-state index in [-0.39, 0.29) is 11.8 Å². The quantitative estimate of drug-likeness (QED) is 0.799. The highest BCUT2D eigenvalue weighted by molar-refractivity contribution is 5.94. The Balaban J connectivity index is 1.24. The van der Waals surface area contributed by atoms with Crippen LogP contribution >= 0.6 is 0 Å². The number of aryl methyl sites for hydroxylation is 1. The summed E-state index contributed by atoms with van der Waals surface area (Å²) in [6, 6.07) is 10.3. The molecule has 0 spiro atoms. The van der Waals surface area contributed by atoms with Crippen molar-refractivity contribution >= 4 is 17.5 Å². The maximum Gasteiger partial charge on any atom is 0.255 e. The van der Waals surface area contributed by atoms with Gasteiger partial charge in [0.05, 0.1) is 11.3 Å². The topological polar surface area (TPSA) is 77.0 Å². The molecule has 0 bridgehead atoms. The van der Waals surface area contributed by atoms with Gasteiger partial charge in [0.2, 0.25) is 0 Å². The molecule has 0 radical (unpaired) electrons. The first kappa shape index (κ1) is 20.9. The normalized spacial score (nSPS) is 19.5. The van der Waals surface area contributed by atoms with Crippen molar-refractivity contribution < 1.29 is 14.7 Å². The van der Waals surface area contributed by atoms with Crippen molar-refractivity contribution in [1.29, 1.82) is 0 Å². The van der Waals surface area contributed by atoms with Gasteiger partial charge in [0.15, 0.2) is 0 Å². The lowest BCUT2D eigenvalue weighted by atomic mass is 9.98. The third-order valence-electron chi connectivity index (χ3n) is 6.96. The van der Waals surface area contributed by atoms with Gasteiger partial charge in [0, 0.05) is 56.7 Å².